The number of aliphatic carboxylic acids is 1. The Bertz CT molecular complexity index is 772. The predicted molar refractivity (Wildman–Crippen MR) is 97.7 cm³/mol. The zero-order valence-corrected chi connectivity index (χ0v) is 14.7. The van der Waals surface area contributed by atoms with Crippen LogP contribution in [0.25, 0.3) is 0 Å². The number of benzene rings is 2. The molecule has 2 amide bonds. The molecule has 0 radical (unpaired) electrons. The Hall–Kier alpha value is -3.15. The van der Waals surface area contributed by atoms with Crippen molar-refractivity contribution in [3.63, 3.8) is 0 Å². The summed E-state index contributed by atoms with van der Waals surface area (Å²) in [6.07, 6.45) is -0.0563. The Balaban J connectivity index is 2.14. The number of carboxylic acids is 1. The van der Waals surface area contributed by atoms with Gasteiger partial charge in [-0.05, 0) is 31.5 Å². The second kappa shape index (κ2) is 8.80. The molecule has 1 unspecified atom stereocenters. The average molecular weight is 354 g/mol. The van der Waals surface area contributed by atoms with Crippen molar-refractivity contribution in [3.8, 4) is 0 Å². The lowest BCUT2D eigenvalue weighted by molar-refractivity contribution is -0.141. The van der Waals surface area contributed by atoms with Crippen LogP contribution in [0.4, 0.5) is 0 Å². The molecule has 0 spiro atoms. The van der Waals surface area contributed by atoms with E-state index in [1.807, 2.05) is 49.4 Å². The molecule has 0 aromatic heterocycles. The number of aryl methyl sites for hydroxylation is 1. The van der Waals surface area contributed by atoms with Gasteiger partial charge in [0.1, 0.15) is 6.04 Å². The first kappa shape index (κ1) is 19.2. The SMILES string of the molecule is Cc1ccc(C(=O)NC(CC(=O)N[C@H](C)C(=O)O)c2ccccc2)cc1. The smallest absolute Gasteiger partial charge is 0.325 e. The maximum Gasteiger partial charge on any atom is 0.325 e. The Kier molecular flexibility index (Phi) is 6.49. The van der Waals surface area contributed by atoms with E-state index in [1.165, 1.54) is 6.92 Å². The molecule has 136 valence electrons. The van der Waals surface area contributed by atoms with E-state index in [0.717, 1.165) is 11.1 Å². The molecule has 2 rings (SSSR count). The third-order valence-electron chi connectivity index (χ3n) is 3.96. The van der Waals surface area contributed by atoms with Gasteiger partial charge in [0.05, 0.1) is 12.5 Å². The fourth-order valence-corrected chi connectivity index (χ4v) is 2.43. The van der Waals surface area contributed by atoms with Crippen LogP contribution in [-0.2, 0) is 9.59 Å². The molecule has 0 heterocycles. The fraction of sp³-hybridized carbons (Fsp3) is 0.250. The standard InChI is InChI=1S/C20H22N2O4/c1-13-8-10-16(11-9-13)19(24)22-17(15-6-4-3-5-7-15)12-18(23)21-14(2)20(25)26/h3-11,14,17H,12H2,1-2H3,(H,21,23)(H,22,24)(H,25,26)/t14-,17?/m1/s1. The summed E-state index contributed by atoms with van der Waals surface area (Å²) in [5.41, 5.74) is 2.31. The molecule has 3 N–H and O–H groups in total. The first-order chi connectivity index (χ1) is 12.4. The van der Waals surface area contributed by atoms with Gasteiger partial charge in [0, 0.05) is 5.56 Å². The van der Waals surface area contributed by atoms with Crippen molar-refractivity contribution in [2.24, 2.45) is 0 Å². The lowest BCUT2D eigenvalue weighted by Gasteiger charge is -2.20. The summed E-state index contributed by atoms with van der Waals surface area (Å²) in [5.74, 6) is -1.85. The molecule has 0 saturated carbocycles. The van der Waals surface area contributed by atoms with Crippen molar-refractivity contribution in [1.29, 1.82) is 0 Å². The average Bonchev–Trinajstić information content (AvgIpc) is 2.62. The lowest BCUT2D eigenvalue weighted by Crippen LogP contribution is -2.40. The van der Waals surface area contributed by atoms with Crippen LogP contribution in [0.5, 0.6) is 0 Å². The van der Waals surface area contributed by atoms with Gasteiger partial charge in [-0.1, -0.05) is 48.0 Å². The van der Waals surface area contributed by atoms with Crippen molar-refractivity contribution in [2.75, 3.05) is 0 Å². The van der Waals surface area contributed by atoms with E-state index in [-0.39, 0.29) is 12.3 Å². The molecule has 0 fully saturated rings. The van der Waals surface area contributed by atoms with Crippen LogP contribution in [0.15, 0.2) is 54.6 Å². The molecule has 0 aliphatic carbocycles. The monoisotopic (exact) mass is 354 g/mol. The van der Waals surface area contributed by atoms with Gasteiger partial charge in [0.15, 0.2) is 0 Å². The molecule has 26 heavy (non-hydrogen) atoms. The third kappa shape index (κ3) is 5.44. The molecule has 6 nitrogen and oxygen atoms in total. The summed E-state index contributed by atoms with van der Waals surface area (Å²) in [6, 6.07) is 14.7. The number of hydrogen-bond donors (Lipinski definition) is 3. The first-order valence-electron chi connectivity index (χ1n) is 8.31. The minimum absolute atomic E-state index is 0.0563. The number of hydrogen-bond acceptors (Lipinski definition) is 3. The van der Waals surface area contributed by atoms with E-state index in [4.69, 9.17) is 5.11 Å². The van der Waals surface area contributed by atoms with Crippen molar-refractivity contribution < 1.29 is 19.5 Å². The normalized spacial score (nSPS) is 12.7. The molecule has 0 bridgehead atoms. The highest BCUT2D eigenvalue weighted by atomic mass is 16.4. The van der Waals surface area contributed by atoms with Crippen LogP contribution in [0.1, 0.15) is 40.9 Å². The summed E-state index contributed by atoms with van der Waals surface area (Å²) < 4.78 is 0. The maximum atomic E-state index is 12.5. The summed E-state index contributed by atoms with van der Waals surface area (Å²) in [5, 5.41) is 14.2. The van der Waals surface area contributed by atoms with E-state index in [9.17, 15) is 14.4 Å². The number of nitrogens with one attached hydrogen (secondary N) is 2. The van der Waals surface area contributed by atoms with Crippen LogP contribution in [-0.4, -0.2) is 28.9 Å². The number of carbonyl (C=O) groups excluding carboxylic acids is 2. The zero-order valence-electron chi connectivity index (χ0n) is 14.7. The third-order valence-corrected chi connectivity index (χ3v) is 3.96. The van der Waals surface area contributed by atoms with Crippen LogP contribution < -0.4 is 10.6 Å². The number of carbonyl (C=O) groups is 3. The Morgan fingerprint density at radius 1 is 0.962 bits per heavy atom. The summed E-state index contributed by atoms with van der Waals surface area (Å²) in [7, 11) is 0. The van der Waals surface area contributed by atoms with E-state index in [0.29, 0.717) is 5.56 Å². The number of amides is 2. The first-order valence-corrected chi connectivity index (χ1v) is 8.31. The predicted octanol–water partition coefficient (Wildman–Crippen LogP) is 2.45. The van der Waals surface area contributed by atoms with Crippen molar-refractivity contribution in [1.82, 2.24) is 10.6 Å². The molecule has 2 aromatic carbocycles. The second-order valence-electron chi connectivity index (χ2n) is 6.13. The highest BCUT2D eigenvalue weighted by molar-refractivity contribution is 5.95. The van der Waals surface area contributed by atoms with E-state index in [1.54, 1.807) is 12.1 Å². The summed E-state index contributed by atoms with van der Waals surface area (Å²) in [4.78, 5) is 35.6. The van der Waals surface area contributed by atoms with Gasteiger partial charge >= 0.3 is 5.97 Å². The van der Waals surface area contributed by atoms with Crippen LogP contribution in [0.2, 0.25) is 0 Å². The minimum atomic E-state index is -1.11. The number of carboxylic acid groups (broad SMARTS) is 1. The highest BCUT2D eigenvalue weighted by Crippen LogP contribution is 2.18. The summed E-state index contributed by atoms with van der Waals surface area (Å²) >= 11 is 0. The van der Waals surface area contributed by atoms with Gasteiger partial charge in [-0.15, -0.1) is 0 Å². The molecular weight excluding hydrogens is 332 g/mol. The van der Waals surface area contributed by atoms with E-state index in [2.05, 4.69) is 10.6 Å². The Labute approximate surface area is 152 Å². The lowest BCUT2D eigenvalue weighted by atomic mass is 10.0. The zero-order chi connectivity index (χ0) is 19.1. The molecular formula is C20H22N2O4. The topological polar surface area (TPSA) is 95.5 Å². The Morgan fingerprint density at radius 3 is 2.15 bits per heavy atom. The van der Waals surface area contributed by atoms with Crippen molar-refractivity contribution in [3.05, 3.63) is 71.3 Å². The van der Waals surface area contributed by atoms with Gasteiger partial charge in [-0.25, -0.2) is 0 Å². The molecule has 0 aliphatic rings. The van der Waals surface area contributed by atoms with E-state index >= 15 is 0 Å². The number of rotatable bonds is 7. The quantitative estimate of drug-likeness (QED) is 0.712. The van der Waals surface area contributed by atoms with Gasteiger partial charge in [-0.3, -0.25) is 14.4 Å². The van der Waals surface area contributed by atoms with Crippen molar-refractivity contribution in [2.45, 2.75) is 32.4 Å². The summed E-state index contributed by atoms with van der Waals surface area (Å²) in [6.45, 7) is 3.32. The molecule has 6 heteroatoms. The molecule has 2 aromatic rings. The fourth-order valence-electron chi connectivity index (χ4n) is 2.43. The van der Waals surface area contributed by atoms with Gasteiger partial charge in [0.25, 0.3) is 5.91 Å². The van der Waals surface area contributed by atoms with Crippen molar-refractivity contribution >= 4 is 17.8 Å². The van der Waals surface area contributed by atoms with Crippen LogP contribution >= 0.6 is 0 Å². The highest BCUT2D eigenvalue weighted by Gasteiger charge is 2.21. The second-order valence-corrected chi connectivity index (χ2v) is 6.13. The molecule has 0 saturated heterocycles. The minimum Gasteiger partial charge on any atom is -0.480 e. The molecule has 0 aliphatic heterocycles. The van der Waals surface area contributed by atoms with Gasteiger partial charge < -0.3 is 15.7 Å². The largest absolute Gasteiger partial charge is 0.480 e. The Morgan fingerprint density at radius 2 is 1.58 bits per heavy atom. The van der Waals surface area contributed by atoms with Crippen LogP contribution in [0.3, 0.4) is 0 Å². The van der Waals surface area contributed by atoms with Gasteiger partial charge in [0.2, 0.25) is 5.91 Å². The maximum absolute atomic E-state index is 12.5. The molecule has 2 atom stereocenters. The van der Waals surface area contributed by atoms with Gasteiger partial charge in [-0.2, -0.15) is 0 Å². The van der Waals surface area contributed by atoms with E-state index < -0.39 is 24.0 Å². The van der Waals surface area contributed by atoms with Crippen LogP contribution in [0, 0.1) is 6.92 Å².